The van der Waals surface area contributed by atoms with Gasteiger partial charge in [-0.15, -0.1) is 0 Å². The molecule has 0 fully saturated rings. The van der Waals surface area contributed by atoms with Gasteiger partial charge in [0.05, 0.1) is 5.69 Å². The number of hydrogen-bond donors (Lipinski definition) is 1. The van der Waals surface area contributed by atoms with Crippen LogP contribution in [0.25, 0.3) is 0 Å². The summed E-state index contributed by atoms with van der Waals surface area (Å²) in [7, 11) is 3.75. The number of halogens is 1. The third-order valence-corrected chi connectivity index (χ3v) is 2.46. The number of aryl methyl sites for hydroxylation is 1. The van der Waals surface area contributed by atoms with Crippen molar-refractivity contribution in [3.8, 4) is 0 Å². The van der Waals surface area contributed by atoms with E-state index in [4.69, 9.17) is 0 Å². The van der Waals surface area contributed by atoms with Crippen LogP contribution in [-0.4, -0.2) is 37.2 Å². The second-order valence-electron chi connectivity index (χ2n) is 3.69. The molecule has 90 valence electrons. The SMILES string of the molecule is CCc1ncnc(N(C)CCCNC)c1F. The average molecular weight is 226 g/mol. The molecule has 0 amide bonds. The van der Waals surface area contributed by atoms with E-state index < -0.39 is 0 Å². The van der Waals surface area contributed by atoms with E-state index in [1.807, 2.05) is 25.9 Å². The van der Waals surface area contributed by atoms with Crippen LogP contribution in [0.4, 0.5) is 10.2 Å². The van der Waals surface area contributed by atoms with Crippen molar-refractivity contribution in [2.45, 2.75) is 19.8 Å². The van der Waals surface area contributed by atoms with E-state index >= 15 is 0 Å². The van der Waals surface area contributed by atoms with Crippen LogP contribution in [0.2, 0.25) is 0 Å². The number of nitrogens with one attached hydrogen (secondary N) is 1. The summed E-state index contributed by atoms with van der Waals surface area (Å²) in [6, 6.07) is 0. The molecule has 0 saturated heterocycles. The lowest BCUT2D eigenvalue weighted by Gasteiger charge is -2.19. The van der Waals surface area contributed by atoms with E-state index in [0.717, 1.165) is 19.5 Å². The highest BCUT2D eigenvalue weighted by molar-refractivity contribution is 5.39. The Labute approximate surface area is 95.9 Å². The molecule has 0 saturated carbocycles. The molecule has 4 nitrogen and oxygen atoms in total. The summed E-state index contributed by atoms with van der Waals surface area (Å²) >= 11 is 0. The fourth-order valence-corrected chi connectivity index (χ4v) is 1.51. The molecule has 16 heavy (non-hydrogen) atoms. The zero-order valence-corrected chi connectivity index (χ0v) is 10.1. The summed E-state index contributed by atoms with van der Waals surface area (Å²) in [6.07, 6.45) is 2.97. The van der Waals surface area contributed by atoms with Crippen molar-refractivity contribution in [2.75, 3.05) is 32.1 Å². The third kappa shape index (κ3) is 3.13. The normalized spacial score (nSPS) is 10.5. The van der Waals surface area contributed by atoms with Gasteiger partial charge in [0.1, 0.15) is 6.33 Å². The first-order valence-electron chi connectivity index (χ1n) is 5.55. The van der Waals surface area contributed by atoms with E-state index in [0.29, 0.717) is 17.9 Å². The van der Waals surface area contributed by atoms with E-state index in [2.05, 4.69) is 15.3 Å². The van der Waals surface area contributed by atoms with Crippen LogP contribution >= 0.6 is 0 Å². The number of nitrogens with zero attached hydrogens (tertiary/aromatic N) is 3. The molecule has 1 heterocycles. The average Bonchev–Trinajstić information content (AvgIpc) is 2.29. The first-order chi connectivity index (χ1) is 7.70. The lowest BCUT2D eigenvalue weighted by atomic mass is 10.3. The van der Waals surface area contributed by atoms with Gasteiger partial charge >= 0.3 is 0 Å². The Balaban J connectivity index is 2.71. The Morgan fingerprint density at radius 2 is 2.19 bits per heavy atom. The van der Waals surface area contributed by atoms with Crippen LogP contribution < -0.4 is 10.2 Å². The van der Waals surface area contributed by atoms with Gasteiger partial charge in [0.25, 0.3) is 0 Å². The molecule has 1 aromatic rings. The van der Waals surface area contributed by atoms with Crippen molar-refractivity contribution in [3.63, 3.8) is 0 Å². The lowest BCUT2D eigenvalue weighted by Crippen LogP contribution is -2.24. The second-order valence-corrected chi connectivity index (χ2v) is 3.69. The first-order valence-corrected chi connectivity index (χ1v) is 5.55. The van der Waals surface area contributed by atoms with Gasteiger partial charge < -0.3 is 10.2 Å². The molecular formula is C11H19FN4. The van der Waals surface area contributed by atoms with Crippen LogP contribution in [0.3, 0.4) is 0 Å². The fourth-order valence-electron chi connectivity index (χ4n) is 1.51. The van der Waals surface area contributed by atoms with Crippen molar-refractivity contribution in [3.05, 3.63) is 17.8 Å². The zero-order valence-electron chi connectivity index (χ0n) is 10.1. The van der Waals surface area contributed by atoms with Crippen molar-refractivity contribution in [1.29, 1.82) is 0 Å². The summed E-state index contributed by atoms with van der Waals surface area (Å²) in [5.74, 6) is 0.0971. The molecule has 0 bridgehead atoms. The monoisotopic (exact) mass is 226 g/mol. The summed E-state index contributed by atoms with van der Waals surface area (Å²) in [5, 5.41) is 3.06. The number of rotatable bonds is 6. The third-order valence-electron chi connectivity index (χ3n) is 2.46. The largest absolute Gasteiger partial charge is 0.357 e. The highest BCUT2D eigenvalue weighted by Crippen LogP contribution is 2.16. The smallest absolute Gasteiger partial charge is 0.187 e. The number of anilines is 1. The molecule has 0 aliphatic carbocycles. The molecule has 1 rings (SSSR count). The van der Waals surface area contributed by atoms with Gasteiger partial charge in [-0.05, 0) is 26.4 Å². The summed E-state index contributed by atoms with van der Waals surface area (Å²) in [5.41, 5.74) is 0.477. The molecule has 1 N–H and O–H groups in total. The minimum Gasteiger partial charge on any atom is -0.357 e. The first kappa shape index (κ1) is 12.8. The zero-order chi connectivity index (χ0) is 12.0. The van der Waals surface area contributed by atoms with E-state index in [9.17, 15) is 4.39 Å². The van der Waals surface area contributed by atoms with Gasteiger partial charge in [0, 0.05) is 13.6 Å². The van der Waals surface area contributed by atoms with Gasteiger partial charge in [-0.2, -0.15) is 0 Å². The summed E-state index contributed by atoms with van der Waals surface area (Å²) in [4.78, 5) is 9.72. The highest BCUT2D eigenvalue weighted by Gasteiger charge is 2.12. The van der Waals surface area contributed by atoms with Crippen molar-refractivity contribution in [2.24, 2.45) is 0 Å². The van der Waals surface area contributed by atoms with Crippen LogP contribution in [0, 0.1) is 5.82 Å². The van der Waals surface area contributed by atoms with Gasteiger partial charge in [-0.3, -0.25) is 0 Å². The van der Waals surface area contributed by atoms with Gasteiger partial charge in [0.15, 0.2) is 11.6 Å². The predicted octanol–water partition coefficient (Wildman–Crippen LogP) is 1.22. The van der Waals surface area contributed by atoms with Gasteiger partial charge in [-0.1, -0.05) is 6.92 Å². The summed E-state index contributed by atoms with van der Waals surface area (Å²) in [6.45, 7) is 3.58. The molecule has 0 atom stereocenters. The lowest BCUT2D eigenvalue weighted by molar-refractivity contribution is 0.585. The molecule has 1 aromatic heterocycles. The van der Waals surface area contributed by atoms with Crippen LogP contribution in [0.1, 0.15) is 19.0 Å². The Kier molecular flexibility index (Phi) is 5.11. The summed E-state index contributed by atoms with van der Waals surface area (Å²) < 4.78 is 13.9. The van der Waals surface area contributed by atoms with E-state index in [-0.39, 0.29) is 5.82 Å². The quantitative estimate of drug-likeness (QED) is 0.741. The van der Waals surface area contributed by atoms with Gasteiger partial charge in [0.2, 0.25) is 0 Å². The van der Waals surface area contributed by atoms with E-state index in [1.54, 1.807) is 0 Å². The molecule has 0 aliphatic rings. The fraction of sp³-hybridized carbons (Fsp3) is 0.636. The molecule has 0 aromatic carbocycles. The standard InChI is InChI=1S/C11H19FN4/c1-4-9-10(12)11(15-8-14-9)16(3)7-5-6-13-2/h8,13H,4-7H2,1-3H3. The Bertz CT molecular complexity index is 330. The van der Waals surface area contributed by atoms with Crippen LogP contribution in [-0.2, 0) is 6.42 Å². The maximum absolute atomic E-state index is 13.9. The highest BCUT2D eigenvalue weighted by atomic mass is 19.1. The second kappa shape index (κ2) is 6.37. The van der Waals surface area contributed by atoms with Crippen molar-refractivity contribution < 1.29 is 4.39 Å². The molecule has 0 radical (unpaired) electrons. The Morgan fingerprint density at radius 3 is 2.81 bits per heavy atom. The maximum Gasteiger partial charge on any atom is 0.187 e. The molecule has 0 unspecified atom stereocenters. The minimum atomic E-state index is -0.294. The van der Waals surface area contributed by atoms with Crippen molar-refractivity contribution >= 4 is 5.82 Å². The van der Waals surface area contributed by atoms with Crippen LogP contribution in [0.15, 0.2) is 6.33 Å². The van der Waals surface area contributed by atoms with Crippen LogP contribution in [0.5, 0.6) is 0 Å². The number of aromatic nitrogens is 2. The predicted molar refractivity (Wildman–Crippen MR) is 63.2 cm³/mol. The maximum atomic E-state index is 13.9. The minimum absolute atomic E-state index is 0.294. The molecule has 0 aliphatic heterocycles. The topological polar surface area (TPSA) is 41.1 Å². The molecule has 0 spiro atoms. The molecular weight excluding hydrogens is 207 g/mol. The van der Waals surface area contributed by atoms with Gasteiger partial charge in [-0.25, -0.2) is 14.4 Å². The van der Waals surface area contributed by atoms with E-state index in [1.165, 1.54) is 6.33 Å². The Morgan fingerprint density at radius 1 is 1.44 bits per heavy atom. The molecule has 5 heteroatoms. The number of hydrogen-bond acceptors (Lipinski definition) is 4. The Hall–Kier alpha value is -1.23. The van der Waals surface area contributed by atoms with Crippen molar-refractivity contribution in [1.82, 2.24) is 15.3 Å².